The van der Waals surface area contributed by atoms with Crippen LogP contribution in [-0.2, 0) is 4.79 Å². The van der Waals surface area contributed by atoms with Gasteiger partial charge in [-0.05, 0) is 27.1 Å². The second-order valence-electron chi connectivity index (χ2n) is 3.47. The summed E-state index contributed by atoms with van der Waals surface area (Å²) in [6.07, 6.45) is 1.00. The molecular weight excluding hydrogens is 192 g/mol. The number of carbonyl (C=O) groups is 1. The van der Waals surface area contributed by atoms with Gasteiger partial charge in [0.05, 0.1) is 6.54 Å². The van der Waals surface area contributed by atoms with Crippen molar-refractivity contribution in [3.63, 3.8) is 0 Å². The van der Waals surface area contributed by atoms with Crippen LogP contribution in [0.4, 0.5) is 0 Å². The zero-order chi connectivity index (χ0) is 12.3. The molecule has 0 bridgehead atoms. The van der Waals surface area contributed by atoms with Crippen molar-refractivity contribution in [2.45, 2.75) is 27.2 Å². The highest BCUT2D eigenvalue weighted by molar-refractivity contribution is 5.69. The van der Waals surface area contributed by atoms with Crippen molar-refractivity contribution in [3.05, 3.63) is 0 Å². The third-order valence-electron chi connectivity index (χ3n) is 1.76. The summed E-state index contributed by atoms with van der Waals surface area (Å²) in [4.78, 5) is 14.5. The first-order chi connectivity index (χ1) is 7.06. The highest BCUT2D eigenvalue weighted by atomic mass is 16.4. The van der Waals surface area contributed by atoms with Gasteiger partial charge in [-0.25, -0.2) is 0 Å². The molecule has 4 heteroatoms. The highest BCUT2D eigenvalue weighted by Gasteiger charge is 2.07. The summed E-state index contributed by atoms with van der Waals surface area (Å²) in [6.45, 7) is 8.81. The Morgan fingerprint density at radius 3 is 2.00 bits per heavy atom. The number of likely N-dealkylation sites (N-methyl/N-ethyl adjacent to an activating group) is 1. The van der Waals surface area contributed by atoms with Crippen molar-refractivity contribution in [3.8, 4) is 0 Å². The number of aliphatic carboxylic acids is 1. The predicted octanol–water partition coefficient (Wildman–Crippen LogP) is 1.37. The van der Waals surface area contributed by atoms with Crippen LogP contribution in [0, 0.1) is 0 Å². The number of rotatable bonds is 7. The Kier molecular flexibility index (Phi) is 12.8. The van der Waals surface area contributed by atoms with Crippen LogP contribution in [0.15, 0.2) is 0 Å². The molecule has 0 heterocycles. The van der Waals surface area contributed by atoms with Gasteiger partial charge in [-0.1, -0.05) is 20.8 Å². The Morgan fingerprint density at radius 1 is 1.13 bits per heavy atom. The summed E-state index contributed by atoms with van der Waals surface area (Å²) in [7, 11) is 3.98. The van der Waals surface area contributed by atoms with Gasteiger partial charge in [0, 0.05) is 13.1 Å². The van der Waals surface area contributed by atoms with Crippen molar-refractivity contribution in [2.75, 3.05) is 40.3 Å². The highest BCUT2D eigenvalue weighted by Crippen LogP contribution is 1.91. The zero-order valence-corrected chi connectivity index (χ0v) is 10.8. The quantitative estimate of drug-likeness (QED) is 0.701. The fourth-order valence-corrected chi connectivity index (χ4v) is 1.12. The average molecular weight is 218 g/mol. The third-order valence-corrected chi connectivity index (χ3v) is 1.76. The lowest BCUT2D eigenvalue weighted by Gasteiger charge is -2.21. The Labute approximate surface area is 93.9 Å². The lowest BCUT2D eigenvalue weighted by Crippen LogP contribution is -2.36. The Bertz CT molecular complexity index is 150. The largest absolute Gasteiger partial charge is 0.480 e. The van der Waals surface area contributed by atoms with E-state index in [1.165, 1.54) is 0 Å². The number of carboxylic acids is 1. The molecule has 4 nitrogen and oxygen atoms in total. The molecular formula is C11H26N2O2. The predicted molar refractivity (Wildman–Crippen MR) is 64.3 cm³/mol. The molecule has 0 aromatic heterocycles. The van der Waals surface area contributed by atoms with E-state index in [2.05, 4.69) is 11.8 Å². The molecule has 0 aliphatic heterocycles. The van der Waals surface area contributed by atoms with Gasteiger partial charge >= 0.3 is 5.97 Å². The molecule has 0 amide bonds. The van der Waals surface area contributed by atoms with Gasteiger partial charge in [0.1, 0.15) is 0 Å². The van der Waals surface area contributed by atoms with Crippen LogP contribution in [-0.4, -0.2) is 61.2 Å². The molecule has 0 aliphatic carbocycles. The van der Waals surface area contributed by atoms with E-state index in [0.717, 1.165) is 26.1 Å². The van der Waals surface area contributed by atoms with Crippen molar-refractivity contribution in [2.24, 2.45) is 0 Å². The van der Waals surface area contributed by atoms with Crippen LogP contribution in [0.1, 0.15) is 27.2 Å². The smallest absolute Gasteiger partial charge is 0.317 e. The van der Waals surface area contributed by atoms with Gasteiger partial charge in [0.15, 0.2) is 0 Å². The van der Waals surface area contributed by atoms with E-state index < -0.39 is 5.97 Å². The molecule has 0 saturated carbocycles. The number of hydrogen-bond donors (Lipinski definition) is 1. The zero-order valence-electron chi connectivity index (χ0n) is 10.8. The summed E-state index contributed by atoms with van der Waals surface area (Å²) in [6, 6.07) is 0. The molecule has 0 atom stereocenters. The fraction of sp³-hybridized carbons (Fsp3) is 0.909. The van der Waals surface area contributed by atoms with Gasteiger partial charge in [0.2, 0.25) is 0 Å². The van der Waals surface area contributed by atoms with Crippen LogP contribution in [0.25, 0.3) is 0 Å². The molecule has 1 N–H and O–H groups in total. The summed E-state index contributed by atoms with van der Waals surface area (Å²) in [5.74, 6) is -0.743. The van der Waals surface area contributed by atoms with Crippen LogP contribution in [0.2, 0.25) is 0 Å². The van der Waals surface area contributed by atoms with Gasteiger partial charge in [-0.15, -0.1) is 0 Å². The van der Waals surface area contributed by atoms with Crippen LogP contribution >= 0.6 is 0 Å². The summed E-state index contributed by atoms with van der Waals surface area (Å²) < 4.78 is 0. The molecule has 0 aromatic carbocycles. The van der Waals surface area contributed by atoms with E-state index in [1.54, 1.807) is 0 Å². The van der Waals surface area contributed by atoms with E-state index in [0.29, 0.717) is 0 Å². The topological polar surface area (TPSA) is 43.8 Å². The molecule has 0 saturated heterocycles. The maximum atomic E-state index is 10.5. The molecule has 15 heavy (non-hydrogen) atoms. The average Bonchev–Trinajstić information content (AvgIpc) is 2.17. The first-order valence-corrected chi connectivity index (χ1v) is 5.65. The monoisotopic (exact) mass is 218 g/mol. The normalized spacial score (nSPS) is 10.1. The standard InChI is InChI=1S/C9H20N2O2.C2H6/c1-4-5-11(8-9(12)13)7-6-10(2)3;1-2/h4-8H2,1-3H3,(H,12,13);1-2H3. The van der Waals surface area contributed by atoms with Gasteiger partial charge in [-0.3, -0.25) is 9.69 Å². The van der Waals surface area contributed by atoms with Crippen molar-refractivity contribution in [1.29, 1.82) is 0 Å². The Balaban J connectivity index is 0. The van der Waals surface area contributed by atoms with E-state index >= 15 is 0 Å². The lowest BCUT2D eigenvalue weighted by molar-refractivity contribution is -0.138. The Morgan fingerprint density at radius 2 is 1.67 bits per heavy atom. The minimum Gasteiger partial charge on any atom is -0.480 e. The number of hydrogen-bond acceptors (Lipinski definition) is 3. The third kappa shape index (κ3) is 13.4. The van der Waals surface area contributed by atoms with Crippen LogP contribution < -0.4 is 0 Å². The lowest BCUT2D eigenvalue weighted by atomic mass is 10.4. The molecule has 0 spiro atoms. The van der Waals surface area contributed by atoms with Gasteiger partial charge in [-0.2, -0.15) is 0 Å². The Hall–Kier alpha value is -0.610. The summed E-state index contributed by atoms with van der Waals surface area (Å²) in [5.41, 5.74) is 0. The first kappa shape index (κ1) is 16.8. The van der Waals surface area contributed by atoms with E-state index in [4.69, 9.17) is 5.11 Å². The number of carboxylic acid groups (broad SMARTS) is 1. The molecule has 0 radical (unpaired) electrons. The SMILES string of the molecule is CC.CCCN(CCN(C)C)CC(=O)O. The molecule has 92 valence electrons. The van der Waals surface area contributed by atoms with Crippen LogP contribution in [0.5, 0.6) is 0 Å². The summed E-state index contributed by atoms with van der Waals surface area (Å²) in [5, 5.41) is 8.62. The van der Waals surface area contributed by atoms with Crippen molar-refractivity contribution >= 4 is 5.97 Å². The molecule has 0 fully saturated rings. The second kappa shape index (κ2) is 11.5. The molecule has 0 rings (SSSR count). The first-order valence-electron chi connectivity index (χ1n) is 5.65. The minimum absolute atomic E-state index is 0.154. The number of nitrogens with zero attached hydrogens (tertiary/aromatic N) is 2. The molecule has 0 unspecified atom stereocenters. The van der Waals surface area contributed by atoms with E-state index in [-0.39, 0.29) is 6.54 Å². The van der Waals surface area contributed by atoms with Crippen molar-refractivity contribution < 1.29 is 9.90 Å². The van der Waals surface area contributed by atoms with Gasteiger partial charge < -0.3 is 10.0 Å². The van der Waals surface area contributed by atoms with Gasteiger partial charge in [0.25, 0.3) is 0 Å². The maximum absolute atomic E-state index is 10.5. The van der Waals surface area contributed by atoms with E-state index in [1.807, 2.05) is 32.8 Å². The second-order valence-corrected chi connectivity index (χ2v) is 3.47. The summed E-state index contributed by atoms with van der Waals surface area (Å²) >= 11 is 0. The maximum Gasteiger partial charge on any atom is 0.317 e. The fourth-order valence-electron chi connectivity index (χ4n) is 1.12. The molecule has 0 aromatic rings. The van der Waals surface area contributed by atoms with E-state index in [9.17, 15) is 4.79 Å². The van der Waals surface area contributed by atoms with Crippen LogP contribution in [0.3, 0.4) is 0 Å². The minimum atomic E-state index is -0.743. The molecule has 0 aliphatic rings. The van der Waals surface area contributed by atoms with Crippen molar-refractivity contribution in [1.82, 2.24) is 9.80 Å².